The summed E-state index contributed by atoms with van der Waals surface area (Å²) in [6, 6.07) is 13.1. The zero-order valence-corrected chi connectivity index (χ0v) is 20.9. The van der Waals surface area contributed by atoms with E-state index in [1.165, 1.54) is 4.31 Å². The van der Waals surface area contributed by atoms with Gasteiger partial charge < -0.3 is 9.30 Å². The molecule has 2 aromatic carbocycles. The molecule has 34 heavy (non-hydrogen) atoms. The van der Waals surface area contributed by atoms with E-state index in [9.17, 15) is 8.42 Å². The summed E-state index contributed by atoms with van der Waals surface area (Å²) in [4.78, 5) is 14.6. The number of fused-ring (bicyclic) bond motifs is 2. The van der Waals surface area contributed by atoms with Gasteiger partial charge >= 0.3 is 0 Å². The second kappa shape index (κ2) is 9.61. The lowest BCUT2D eigenvalue weighted by Crippen LogP contribution is -2.40. The molecule has 0 unspecified atom stereocenters. The largest absolute Gasteiger partial charge is 0.379 e. The summed E-state index contributed by atoms with van der Waals surface area (Å²) in [5, 5.41) is 0.879. The van der Waals surface area contributed by atoms with Crippen molar-refractivity contribution in [3.8, 4) is 0 Å². The van der Waals surface area contributed by atoms with Crippen molar-refractivity contribution in [2.45, 2.75) is 42.5 Å². The maximum absolute atomic E-state index is 13.1. The number of thioether (sulfide) groups is 1. The fourth-order valence-electron chi connectivity index (χ4n) is 4.18. The molecular formula is C24H27N5O3S2. The zero-order valence-electron chi connectivity index (χ0n) is 19.3. The van der Waals surface area contributed by atoms with Crippen molar-refractivity contribution in [3.63, 3.8) is 0 Å². The van der Waals surface area contributed by atoms with Crippen molar-refractivity contribution in [2.24, 2.45) is 0 Å². The van der Waals surface area contributed by atoms with Gasteiger partial charge in [-0.15, -0.1) is 0 Å². The molecule has 1 saturated heterocycles. The van der Waals surface area contributed by atoms with Crippen LogP contribution in [0.1, 0.15) is 24.9 Å². The molecule has 0 spiro atoms. The van der Waals surface area contributed by atoms with Gasteiger partial charge in [-0.05, 0) is 43.7 Å². The molecule has 1 aliphatic heterocycles. The predicted octanol–water partition coefficient (Wildman–Crippen LogP) is 4.01. The minimum absolute atomic E-state index is 0.276. The summed E-state index contributed by atoms with van der Waals surface area (Å²) < 4.78 is 35.2. The Morgan fingerprint density at radius 3 is 2.47 bits per heavy atom. The second-order valence-electron chi connectivity index (χ2n) is 8.24. The Morgan fingerprint density at radius 2 is 1.74 bits per heavy atom. The first-order valence-electron chi connectivity index (χ1n) is 11.4. The van der Waals surface area contributed by atoms with Gasteiger partial charge in [0, 0.05) is 19.6 Å². The van der Waals surface area contributed by atoms with Crippen LogP contribution in [-0.4, -0.2) is 58.5 Å². The van der Waals surface area contributed by atoms with E-state index in [-0.39, 0.29) is 4.90 Å². The number of nitrogens with zero attached hydrogens (tertiary/aromatic N) is 5. The average molecular weight is 498 g/mol. The lowest BCUT2D eigenvalue weighted by Gasteiger charge is -2.26. The molecule has 8 nitrogen and oxygen atoms in total. The van der Waals surface area contributed by atoms with Crippen molar-refractivity contribution in [2.75, 3.05) is 26.3 Å². The van der Waals surface area contributed by atoms with E-state index in [1.54, 1.807) is 23.9 Å². The minimum Gasteiger partial charge on any atom is -0.379 e. The first-order chi connectivity index (χ1) is 16.5. The van der Waals surface area contributed by atoms with Crippen molar-refractivity contribution >= 4 is 43.9 Å². The van der Waals surface area contributed by atoms with Crippen LogP contribution in [0.15, 0.2) is 52.4 Å². The number of hydrogen-bond donors (Lipinski definition) is 0. The second-order valence-corrected chi connectivity index (χ2v) is 11.1. The van der Waals surface area contributed by atoms with Gasteiger partial charge in [0.2, 0.25) is 10.0 Å². The highest BCUT2D eigenvalue weighted by Crippen LogP contribution is 2.29. The van der Waals surface area contributed by atoms with Crippen LogP contribution in [0.4, 0.5) is 0 Å². The van der Waals surface area contributed by atoms with Crippen LogP contribution < -0.4 is 0 Å². The standard InChI is InChI=1S/C24H27N5O3S2/c1-3-10-29-22-9-8-18(34(30,31)28-11-13-32-14-12-28)15-21(22)26-23(29)16-33-24-17(2)25-19-6-4-5-7-20(19)27-24/h4-9,15H,3,10-14,16H2,1-2H3. The average Bonchev–Trinajstić information content (AvgIpc) is 3.20. The fourth-order valence-corrected chi connectivity index (χ4v) is 6.51. The third kappa shape index (κ3) is 4.43. The van der Waals surface area contributed by atoms with Crippen LogP contribution in [0.3, 0.4) is 0 Å². The number of benzene rings is 2. The van der Waals surface area contributed by atoms with Gasteiger partial charge in [0.1, 0.15) is 10.9 Å². The highest BCUT2D eigenvalue weighted by molar-refractivity contribution is 7.98. The first kappa shape index (κ1) is 23.2. The third-order valence-corrected chi connectivity index (χ3v) is 8.85. The molecule has 3 heterocycles. The number of ether oxygens (including phenoxy) is 1. The smallest absolute Gasteiger partial charge is 0.243 e. The zero-order chi connectivity index (χ0) is 23.7. The number of para-hydroxylation sites is 2. The topological polar surface area (TPSA) is 90.2 Å². The van der Waals surface area contributed by atoms with Crippen LogP contribution in [0, 0.1) is 6.92 Å². The molecule has 0 bridgehead atoms. The number of hydrogen-bond acceptors (Lipinski definition) is 7. The van der Waals surface area contributed by atoms with Crippen LogP contribution in [0.2, 0.25) is 0 Å². The van der Waals surface area contributed by atoms with E-state index < -0.39 is 10.0 Å². The van der Waals surface area contributed by atoms with E-state index in [4.69, 9.17) is 14.7 Å². The maximum atomic E-state index is 13.1. The van der Waals surface area contributed by atoms with Gasteiger partial charge in [0.05, 0.1) is 51.6 Å². The molecule has 5 rings (SSSR count). The Labute approximate surface area is 203 Å². The van der Waals surface area contributed by atoms with E-state index in [0.717, 1.165) is 46.1 Å². The molecule has 178 valence electrons. The summed E-state index contributed by atoms with van der Waals surface area (Å²) >= 11 is 1.61. The minimum atomic E-state index is -3.57. The van der Waals surface area contributed by atoms with Crippen molar-refractivity contribution in [1.82, 2.24) is 23.8 Å². The first-order valence-corrected chi connectivity index (χ1v) is 13.8. The van der Waals surface area contributed by atoms with Gasteiger partial charge in [-0.1, -0.05) is 30.8 Å². The van der Waals surface area contributed by atoms with E-state index in [0.29, 0.717) is 37.6 Å². The van der Waals surface area contributed by atoms with Crippen LogP contribution >= 0.6 is 11.8 Å². The number of sulfonamides is 1. The van der Waals surface area contributed by atoms with Crippen molar-refractivity contribution < 1.29 is 13.2 Å². The van der Waals surface area contributed by atoms with Crippen LogP contribution in [-0.2, 0) is 27.1 Å². The molecule has 1 fully saturated rings. The highest BCUT2D eigenvalue weighted by Gasteiger charge is 2.27. The molecule has 0 saturated carbocycles. The molecule has 0 aliphatic carbocycles. The van der Waals surface area contributed by atoms with Crippen molar-refractivity contribution in [1.29, 1.82) is 0 Å². The van der Waals surface area contributed by atoms with Crippen LogP contribution in [0.25, 0.3) is 22.1 Å². The Balaban J connectivity index is 1.46. The molecular weight excluding hydrogens is 470 g/mol. The summed E-state index contributed by atoms with van der Waals surface area (Å²) in [7, 11) is -3.57. The monoisotopic (exact) mass is 497 g/mol. The lowest BCUT2D eigenvalue weighted by molar-refractivity contribution is 0.0730. The highest BCUT2D eigenvalue weighted by atomic mass is 32.2. The normalized spacial score (nSPS) is 15.4. The van der Waals surface area contributed by atoms with Gasteiger partial charge in [-0.25, -0.2) is 23.4 Å². The van der Waals surface area contributed by atoms with E-state index in [2.05, 4.69) is 16.5 Å². The maximum Gasteiger partial charge on any atom is 0.243 e. The number of aryl methyl sites for hydroxylation is 2. The molecule has 2 aromatic heterocycles. The molecule has 0 amide bonds. The predicted molar refractivity (Wildman–Crippen MR) is 133 cm³/mol. The third-order valence-electron chi connectivity index (χ3n) is 5.89. The molecule has 4 aromatic rings. The van der Waals surface area contributed by atoms with Gasteiger partial charge in [-0.3, -0.25) is 0 Å². The summed E-state index contributed by atoms with van der Waals surface area (Å²) in [5.74, 6) is 1.52. The molecule has 0 N–H and O–H groups in total. The summed E-state index contributed by atoms with van der Waals surface area (Å²) in [6.45, 7) is 6.50. The number of morpholine rings is 1. The van der Waals surface area contributed by atoms with Gasteiger partial charge in [0.15, 0.2) is 0 Å². The molecule has 10 heteroatoms. The van der Waals surface area contributed by atoms with Gasteiger partial charge in [-0.2, -0.15) is 4.31 Å². The number of imidazole rings is 1. The quantitative estimate of drug-likeness (QED) is 0.356. The lowest BCUT2D eigenvalue weighted by atomic mass is 10.3. The molecule has 1 aliphatic rings. The summed E-state index contributed by atoms with van der Waals surface area (Å²) in [5.41, 5.74) is 4.28. The SMILES string of the molecule is CCCn1c(CSc2nc3ccccc3nc2C)nc2cc(S(=O)(=O)N3CCOCC3)ccc21. The molecule has 0 atom stereocenters. The Morgan fingerprint density at radius 1 is 1.00 bits per heavy atom. The molecule has 0 radical (unpaired) electrons. The fraction of sp³-hybridized carbons (Fsp3) is 0.375. The van der Waals surface area contributed by atoms with E-state index >= 15 is 0 Å². The van der Waals surface area contributed by atoms with Gasteiger partial charge in [0.25, 0.3) is 0 Å². The number of aromatic nitrogens is 4. The number of rotatable bonds is 7. The Bertz CT molecular complexity index is 1450. The summed E-state index contributed by atoms with van der Waals surface area (Å²) in [6.07, 6.45) is 0.950. The Hall–Kier alpha value is -2.53. The van der Waals surface area contributed by atoms with Crippen molar-refractivity contribution in [3.05, 3.63) is 54.0 Å². The Kier molecular flexibility index (Phi) is 6.57. The van der Waals surface area contributed by atoms with Crippen LogP contribution in [0.5, 0.6) is 0 Å². The van der Waals surface area contributed by atoms with E-state index in [1.807, 2.05) is 37.3 Å².